The van der Waals surface area contributed by atoms with Crippen LogP contribution < -0.4 is 5.32 Å². The SMILES string of the molecule is CCN(CC)C(=O)CNCCN1CCCCC1. The molecule has 17 heavy (non-hydrogen) atoms. The summed E-state index contributed by atoms with van der Waals surface area (Å²) in [6, 6.07) is 0. The zero-order valence-electron chi connectivity index (χ0n) is 11.4. The van der Waals surface area contributed by atoms with Crippen molar-refractivity contribution < 1.29 is 4.79 Å². The fourth-order valence-corrected chi connectivity index (χ4v) is 2.30. The first-order valence-corrected chi connectivity index (χ1v) is 6.98. The lowest BCUT2D eigenvalue weighted by molar-refractivity contribution is -0.129. The minimum absolute atomic E-state index is 0.216. The highest BCUT2D eigenvalue weighted by Gasteiger charge is 2.10. The lowest BCUT2D eigenvalue weighted by Gasteiger charge is -2.26. The molecule has 1 rings (SSSR count). The summed E-state index contributed by atoms with van der Waals surface area (Å²) in [5.74, 6) is 0.216. The summed E-state index contributed by atoms with van der Waals surface area (Å²) in [5, 5.41) is 3.25. The van der Waals surface area contributed by atoms with Crippen LogP contribution in [0.2, 0.25) is 0 Å². The van der Waals surface area contributed by atoms with Crippen molar-refractivity contribution in [1.82, 2.24) is 15.1 Å². The van der Waals surface area contributed by atoms with E-state index in [2.05, 4.69) is 10.2 Å². The molecule has 4 heteroatoms. The van der Waals surface area contributed by atoms with Crippen LogP contribution in [0.1, 0.15) is 33.1 Å². The third-order valence-corrected chi connectivity index (χ3v) is 3.45. The van der Waals surface area contributed by atoms with Gasteiger partial charge in [-0.3, -0.25) is 4.79 Å². The third kappa shape index (κ3) is 5.50. The highest BCUT2D eigenvalue weighted by Crippen LogP contribution is 2.07. The van der Waals surface area contributed by atoms with Crippen molar-refractivity contribution in [2.24, 2.45) is 0 Å². The molecule has 1 amide bonds. The summed E-state index contributed by atoms with van der Waals surface area (Å²) in [5.41, 5.74) is 0. The lowest BCUT2D eigenvalue weighted by Crippen LogP contribution is -2.41. The predicted molar refractivity (Wildman–Crippen MR) is 71.1 cm³/mol. The van der Waals surface area contributed by atoms with E-state index in [1.165, 1.54) is 32.4 Å². The van der Waals surface area contributed by atoms with Gasteiger partial charge in [0.2, 0.25) is 5.91 Å². The van der Waals surface area contributed by atoms with Crippen molar-refractivity contribution in [2.45, 2.75) is 33.1 Å². The van der Waals surface area contributed by atoms with Crippen molar-refractivity contribution in [2.75, 3.05) is 45.8 Å². The number of rotatable bonds is 7. The summed E-state index contributed by atoms with van der Waals surface area (Å²) in [6.07, 6.45) is 4.04. The minimum Gasteiger partial charge on any atom is -0.342 e. The molecule has 1 aliphatic heterocycles. The number of likely N-dealkylation sites (tertiary alicyclic amines) is 1. The molecule has 1 fully saturated rings. The Balaban J connectivity index is 2.04. The fourth-order valence-electron chi connectivity index (χ4n) is 2.30. The van der Waals surface area contributed by atoms with E-state index in [0.29, 0.717) is 6.54 Å². The number of hydrogen-bond acceptors (Lipinski definition) is 3. The Morgan fingerprint density at radius 3 is 2.41 bits per heavy atom. The van der Waals surface area contributed by atoms with Crippen molar-refractivity contribution in [3.8, 4) is 0 Å². The van der Waals surface area contributed by atoms with Crippen molar-refractivity contribution in [1.29, 1.82) is 0 Å². The normalized spacial score (nSPS) is 17.1. The summed E-state index contributed by atoms with van der Waals surface area (Å²) in [6.45, 7) is 10.6. The molecule has 0 aromatic heterocycles. The molecule has 1 aliphatic rings. The predicted octanol–water partition coefficient (Wildman–Crippen LogP) is 0.930. The molecule has 4 nitrogen and oxygen atoms in total. The number of likely N-dealkylation sites (N-methyl/N-ethyl adjacent to an activating group) is 1. The molecule has 0 unspecified atom stereocenters. The zero-order chi connectivity index (χ0) is 12.5. The zero-order valence-corrected chi connectivity index (χ0v) is 11.4. The van der Waals surface area contributed by atoms with E-state index in [1.807, 2.05) is 18.7 Å². The molecule has 1 N–H and O–H groups in total. The minimum atomic E-state index is 0.216. The Morgan fingerprint density at radius 1 is 1.18 bits per heavy atom. The van der Waals surface area contributed by atoms with Crippen molar-refractivity contribution >= 4 is 5.91 Å². The first kappa shape index (κ1) is 14.5. The maximum atomic E-state index is 11.7. The van der Waals surface area contributed by atoms with Gasteiger partial charge in [0.15, 0.2) is 0 Å². The maximum absolute atomic E-state index is 11.7. The van der Waals surface area contributed by atoms with Gasteiger partial charge in [-0.2, -0.15) is 0 Å². The van der Waals surface area contributed by atoms with Gasteiger partial charge in [-0.25, -0.2) is 0 Å². The van der Waals surface area contributed by atoms with Crippen molar-refractivity contribution in [3.63, 3.8) is 0 Å². The quantitative estimate of drug-likeness (QED) is 0.674. The number of hydrogen-bond donors (Lipinski definition) is 1. The van der Waals surface area contributed by atoms with Crippen LogP contribution in [-0.4, -0.2) is 61.5 Å². The molecule has 0 aromatic carbocycles. The fraction of sp³-hybridized carbons (Fsp3) is 0.923. The maximum Gasteiger partial charge on any atom is 0.236 e. The average Bonchev–Trinajstić information content (AvgIpc) is 2.37. The van der Waals surface area contributed by atoms with Gasteiger partial charge in [0.05, 0.1) is 6.54 Å². The summed E-state index contributed by atoms with van der Waals surface area (Å²) < 4.78 is 0. The Bertz CT molecular complexity index is 211. The smallest absolute Gasteiger partial charge is 0.236 e. The van der Waals surface area contributed by atoms with Crippen LogP contribution in [-0.2, 0) is 4.79 Å². The second-order valence-corrected chi connectivity index (χ2v) is 4.65. The number of amides is 1. The first-order valence-electron chi connectivity index (χ1n) is 6.98. The number of carbonyl (C=O) groups is 1. The molecule has 0 atom stereocenters. The van der Waals surface area contributed by atoms with E-state index in [4.69, 9.17) is 0 Å². The van der Waals surface area contributed by atoms with Gasteiger partial charge >= 0.3 is 0 Å². The van der Waals surface area contributed by atoms with E-state index >= 15 is 0 Å². The van der Waals surface area contributed by atoms with Crippen LogP contribution in [0.25, 0.3) is 0 Å². The molecular formula is C13H27N3O. The van der Waals surface area contributed by atoms with Crippen molar-refractivity contribution in [3.05, 3.63) is 0 Å². The molecule has 100 valence electrons. The van der Waals surface area contributed by atoms with E-state index in [9.17, 15) is 4.79 Å². The van der Waals surface area contributed by atoms with Crippen LogP contribution >= 0.6 is 0 Å². The number of nitrogens with zero attached hydrogens (tertiary/aromatic N) is 2. The highest BCUT2D eigenvalue weighted by atomic mass is 16.2. The van der Waals surface area contributed by atoms with Gasteiger partial charge in [-0.1, -0.05) is 6.42 Å². The van der Waals surface area contributed by atoms with E-state index in [0.717, 1.165) is 26.2 Å². The standard InChI is InChI=1S/C13H27N3O/c1-3-16(4-2)13(17)12-14-8-11-15-9-6-5-7-10-15/h14H,3-12H2,1-2H3. The van der Waals surface area contributed by atoms with E-state index in [-0.39, 0.29) is 5.91 Å². The molecule has 1 heterocycles. The number of carbonyl (C=O) groups excluding carboxylic acids is 1. The Labute approximate surface area is 105 Å². The summed E-state index contributed by atoms with van der Waals surface area (Å²) >= 11 is 0. The lowest BCUT2D eigenvalue weighted by atomic mass is 10.1. The number of nitrogens with one attached hydrogen (secondary N) is 1. The van der Waals surface area contributed by atoms with Crippen LogP contribution in [0, 0.1) is 0 Å². The molecule has 1 saturated heterocycles. The van der Waals surface area contributed by atoms with E-state index < -0.39 is 0 Å². The molecule has 0 bridgehead atoms. The highest BCUT2D eigenvalue weighted by molar-refractivity contribution is 5.78. The molecule has 0 radical (unpaired) electrons. The Morgan fingerprint density at radius 2 is 1.82 bits per heavy atom. The van der Waals surface area contributed by atoms with Gasteiger partial charge in [-0.05, 0) is 39.8 Å². The van der Waals surface area contributed by atoms with Gasteiger partial charge in [0.1, 0.15) is 0 Å². The van der Waals surface area contributed by atoms with Crippen LogP contribution in [0.15, 0.2) is 0 Å². The Hall–Kier alpha value is -0.610. The molecule has 0 spiro atoms. The van der Waals surface area contributed by atoms with Gasteiger partial charge in [0.25, 0.3) is 0 Å². The van der Waals surface area contributed by atoms with Crippen LogP contribution in [0.5, 0.6) is 0 Å². The molecule has 0 aromatic rings. The second-order valence-electron chi connectivity index (χ2n) is 4.65. The van der Waals surface area contributed by atoms with Gasteiger partial charge in [-0.15, -0.1) is 0 Å². The number of piperidine rings is 1. The largest absolute Gasteiger partial charge is 0.342 e. The van der Waals surface area contributed by atoms with Gasteiger partial charge < -0.3 is 15.1 Å². The summed E-state index contributed by atoms with van der Waals surface area (Å²) in [7, 11) is 0. The molecular weight excluding hydrogens is 214 g/mol. The first-order chi connectivity index (χ1) is 8.27. The monoisotopic (exact) mass is 241 g/mol. The molecule has 0 aliphatic carbocycles. The molecule has 0 saturated carbocycles. The van der Waals surface area contributed by atoms with Gasteiger partial charge in [0, 0.05) is 26.2 Å². The van der Waals surface area contributed by atoms with E-state index in [1.54, 1.807) is 0 Å². The van der Waals surface area contributed by atoms with Crippen LogP contribution in [0.4, 0.5) is 0 Å². The Kier molecular flexibility index (Phi) is 7.21. The summed E-state index contributed by atoms with van der Waals surface area (Å²) in [4.78, 5) is 16.1. The third-order valence-electron chi connectivity index (χ3n) is 3.45. The second kappa shape index (κ2) is 8.48. The average molecular weight is 241 g/mol. The topological polar surface area (TPSA) is 35.6 Å². The van der Waals surface area contributed by atoms with Crippen LogP contribution in [0.3, 0.4) is 0 Å².